The minimum absolute atomic E-state index is 0.548. The van der Waals surface area contributed by atoms with E-state index in [9.17, 15) is 0 Å². The summed E-state index contributed by atoms with van der Waals surface area (Å²) in [4.78, 5) is 4.84. The smallest absolute Gasteiger partial charge is 0.0726 e. The Bertz CT molecular complexity index is 3210. The fraction of sp³-hybridized carbons (Fsp3) is 0.0169. The number of benzene rings is 10. The summed E-state index contributed by atoms with van der Waals surface area (Å²) in [6.45, 7) is 0. The Kier molecular flexibility index (Phi) is 8.11. The molecule has 0 radical (unpaired) electrons. The first-order valence-electron chi connectivity index (χ1n) is 21.1. The summed E-state index contributed by atoms with van der Waals surface area (Å²) in [5.74, 6) is 0. The van der Waals surface area contributed by atoms with Crippen LogP contribution in [0.3, 0.4) is 0 Å². The molecular weight excluding hydrogens is 737 g/mol. The number of para-hydroxylation sites is 3. The predicted octanol–water partition coefficient (Wildman–Crippen LogP) is 15.8. The van der Waals surface area contributed by atoms with Gasteiger partial charge in [0, 0.05) is 33.8 Å². The van der Waals surface area contributed by atoms with Crippen molar-refractivity contribution in [2.45, 2.75) is 5.41 Å². The minimum Gasteiger partial charge on any atom is -0.310 e. The van der Waals surface area contributed by atoms with E-state index >= 15 is 0 Å². The van der Waals surface area contributed by atoms with Crippen molar-refractivity contribution >= 4 is 44.9 Å². The van der Waals surface area contributed by atoms with Crippen LogP contribution in [0.15, 0.2) is 243 Å². The molecule has 0 aliphatic heterocycles. The number of hydrogen-bond acceptors (Lipinski definition) is 2. The summed E-state index contributed by atoms with van der Waals surface area (Å²) in [6, 6.07) is 89.0. The molecule has 0 N–H and O–H groups in total. The first kappa shape index (κ1) is 35.0. The van der Waals surface area contributed by atoms with E-state index in [-0.39, 0.29) is 0 Å². The van der Waals surface area contributed by atoms with Gasteiger partial charge in [-0.2, -0.15) is 0 Å². The molecule has 2 aliphatic carbocycles. The molecule has 0 saturated carbocycles. The molecule has 0 amide bonds. The van der Waals surface area contributed by atoms with E-state index in [2.05, 4.69) is 252 Å². The average molecular weight is 777 g/mol. The van der Waals surface area contributed by atoms with Gasteiger partial charge < -0.3 is 9.80 Å². The van der Waals surface area contributed by atoms with E-state index in [1.807, 2.05) is 0 Å². The zero-order valence-corrected chi connectivity index (χ0v) is 33.5. The number of hydrogen-bond donors (Lipinski definition) is 0. The monoisotopic (exact) mass is 776 g/mol. The second kappa shape index (κ2) is 14.1. The van der Waals surface area contributed by atoms with Crippen molar-refractivity contribution in [2.75, 3.05) is 9.80 Å². The highest BCUT2D eigenvalue weighted by molar-refractivity contribution is 6.12. The topological polar surface area (TPSA) is 6.48 Å². The van der Waals surface area contributed by atoms with E-state index in [0.717, 1.165) is 34.1 Å². The van der Waals surface area contributed by atoms with Gasteiger partial charge in [-0.05, 0) is 128 Å². The van der Waals surface area contributed by atoms with Crippen LogP contribution < -0.4 is 9.80 Å². The Morgan fingerprint density at radius 2 is 0.738 bits per heavy atom. The molecular formula is C59H40N2. The van der Waals surface area contributed by atoms with Gasteiger partial charge in [0.1, 0.15) is 0 Å². The second-order valence-electron chi connectivity index (χ2n) is 16.0. The summed E-state index contributed by atoms with van der Waals surface area (Å²) < 4.78 is 0. The molecule has 10 aromatic rings. The van der Waals surface area contributed by atoms with Crippen LogP contribution in [-0.2, 0) is 5.41 Å². The van der Waals surface area contributed by atoms with Gasteiger partial charge in [0.15, 0.2) is 0 Å². The molecule has 0 aromatic heterocycles. The Labute approximate surface area is 356 Å². The van der Waals surface area contributed by atoms with Crippen molar-refractivity contribution in [1.82, 2.24) is 0 Å². The van der Waals surface area contributed by atoms with Crippen molar-refractivity contribution in [3.8, 4) is 33.4 Å². The van der Waals surface area contributed by atoms with Crippen LogP contribution >= 0.6 is 0 Å². The minimum atomic E-state index is -0.548. The van der Waals surface area contributed by atoms with Crippen molar-refractivity contribution in [1.29, 1.82) is 0 Å². The first-order valence-corrected chi connectivity index (χ1v) is 21.1. The van der Waals surface area contributed by atoms with Crippen molar-refractivity contribution in [3.63, 3.8) is 0 Å². The van der Waals surface area contributed by atoms with E-state index in [1.54, 1.807) is 0 Å². The van der Waals surface area contributed by atoms with Crippen LogP contribution in [0.1, 0.15) is 22.3 Å². The number of anilines is 6. The third-order valence-corrected chi connectivity index (χ3v) is 12.8. The summed E-state index contributed by atoms with van der Waals surface area (Å²) in [6.07, 6.45) is 0. The Morgan fingerprint density at radius 1 is 0.262 bits per heavy atom. The Hall–Kier alpha value is -7.94. The molecule has 0 fully saturated rings. The lowest BCUT2D eigenvalue weighted by atomic mass is 9.70. The molecule has 2 nitrogen and oxygen atoms in total. The van der Waals surface area contributed by atoms with Crippen LogP contribution in [0.2, 0.25) is 0 Å². The fourth-order valence-corrected chi connectivity index (χ4v) is 10.4. The Balaban J connectivity index is 1.15. The van der Waals surface area contributed by atoms with E-state index in [0.29, 0.717) is 0 Å². The maximum atomic E-state index is 2.53. The quantitative estimate of drug-likeness (QED) is 0.159. The molecule has 0 heterocycles. The van der Waals surface area contributed by atoms with Crippen molar-refractivity contribution < 1.29 is 0 Å². The molecule has 0 saturated heterocycles. The van der Waals surface area contributed by atoms with E-state index < -0.39 is 5.41 Å². The van der Waals surface area contributed by atoms with Crippen molar-refractivity contribution in [3.05, 3.63) is 265 Å². The molecule has 0 bridgehead atoms. The van der Waals surface area contributed by atoms with Crippen LogP contribution in [-0.4, -0.2) is 0 Å². The van der Waals surface area contributed by atoms with Gasteiger partial charge in [-0.3, -0.25) is 0 Å². The average Bonchev–Trinajstić information content (AvgIpc) is 3.80. The number of nitrogens with zero attached hydrogens (tertiary/aromatic N) is 2. The van der Waals surface area contributed by atoms with E-state index in [1.165, 1.54) is 66.4 Å². The summed E-state index contributed by atoms with van der Waals surface area (Å²) >= 11 is 0. The normalized spacial score (nSPS) is 14.3. The highest BCUT2D eigenvalue weighted by Crippen LogP contribution is 2.65. The third kappa shape index (κ3) is 5.36. The molecule has 2 heteroatoms. The maximum Gasteiger partial charge on any atom is 0.0726 e. The molecule has 286 valence electrons. The predicted molar refractivity (Wildman–Crippen MR) is 255 cm³/mol. The lowest BCUT2D eigenvalue weighted by Gasteiger charge is -2.33. The largest absolute Gasteiger partial charge is 0.310 e. The second-order valence-corrected chi connectivity index (χ2v) is 16.0. The molecule has 2 aliphatic rings. The van der Waals surface area contributed by atoms with Gasteiger partial charge in [-0.15, -0.1) is 0 Å². The Morgan fingerprint density at radius 3 is 1.41 bits per heavy atom. The van der Waals surface area contributed by atoms with Gasteiger partial charge >= 0.3 is 0 Å². The van der Waals surface area contributed by atoms with Gasteiger partial charge in [0.2, 0.25) is 0 Å². The highest BCUT2D eigenvalue weighted by atomic mass is 15.1. The zero-order valence-electron chi connectivity index (χ0n) is 33.5. The summed E-state index contributed by atoms with van der Waals surface area (Å²) in [5, 5.41) is 2.46. The molecule has 61 heavy (non-hydrogen) atoms. The number of fused-ring (bicyclic) bond motifs is 12. The van der Waals surface area contributed by atoms with Crippen molar-refractivity contribution in [2.24, 2.45) is 0 Å². The lowest BCUT2D eigenvalue weighted by molar-refractivity contribution is 0.794. The first-order chi connectivity index (χ1) is 30.3. The molecule has 1 unspecified atom stereocenters. The maximum absolute atomic E-state index is 2.53. The van der Waals surface area contributed by atoms with Gasteiger partial charge in [0.25, 0.3) is 0 Å². The van der Waals surface area contributed by atoms with Crippen LogP contribution in [0.25, 0.3) is 44.2 Å². The molecule has 12 rings (SSSR count). The third-order valence-electron chi connectivity index (χ3n) is 12.8. The zero-order chi connectivity index (χ0) is 40.3. The van der Waals surface area contributed by atoms with Crippen LogP contribution in [0.4, 0.5) is 34.1 Å². The van der Waals surface area contributed by atoms with Crippen LogP contribution in [0, 0.1) is 0 Å². The van der Waals surface area contributed by atoms with Gasteiger partial charge in [-0.1, -0.05) is 176 Å². The standard InChI is InChI=1S/C59H40N2/c1-5-20-41(21-6-1)42-22-19-29-46(38-42)61(45-27-11-4-12-28-45)57-40-56-58(50-32-14-13-31-49(50)57)51-33-16-18-35-54(51)59(56)53-34-17-15-30-48(53)52-39-47(36-37-55(52)59)60(43-23-7-2-8-24-43)44-25-9-3-10-26-44/h1-40H. The summed E-state index contributed by atoms with van der Waals surface area (Å²) in [7, 11) is 0. The van der Waals surface area contributed by atoms with Crippen LogP contribution in [0.5, 0.6) is 0 Å². The SMILES string of the molecule is c1ccc(-c2cccc(N(c3ccccc3)c3cc4c(c5ccccc35)-c3ccccc3C43c4ccccc4-c4cc(N(c5ccccc5)c5ccccc5)ccc43)c2)cc1. The highest BCUT2D eigenvalue weighted by Gasteiger charge is 2.52. The molecule has 10 aromatic carbocycles. The van der Waals surface area contributed by atoms with Gasteiger partial charge in [0.05, 0.1) is 11.1 Å². The fourth-order valence-electron chi connectivity index (χ4n) is 10.4. The molecule has 1 spiro atoms. The summed E-state index contributed by atoms with van der Waals surface area (Å²) in [5.41, 5.74) is 19.0. The molecule has 1 atom stereocenters. The van der Waals surface area contributed by atoms with E-state index in [4.69, 9.17) is 0 Å². The lowest BCUT2D eigenvalue weighted by Crippen LogP contribution is -2.26. The number of rotatable bonds is 7. The van der Waals surface area contributed by atoms with Gasteiger partial charge in [-0.25, -0.2) is 0 Å².